The molecule has 0 radical (unpaired) electrons. The van der Waals surface area contributed by atoms with Crippen LogP contribution in [0, 0.1) is 0 Å². The van der Waals surface area contributed by atoms with Gasteiger partial charge in [-0.2, -0.15) is 0 Å². The molecule has 0 amide bonds. The molecular weight excluding hydrogens is 471 g/mol. The summed E-state index contributed by atoms with van der Waals surface area (Å²) in [5, 5.41) is 7.71. The maximum Gasteiger partial charge on any atom is 0.251 e. The van der Waals surface area contributed by atoms with Crippen LogP contribution >= 0.6 is 0 Å². The van der Waals surface area contributed by atoms with E-state index in [9.17, 15) is 0 Å². The largest absolute Gasteiger partial charge is 0.458 e. The first kappa shape index (κ1) is 24.3. The predicted octanol–water partition coefficient (Wildman–Crippen LogP) is 8.58. The van der Waals surface area contributed by atoms with Crippen molar-refractivity contribution < 1.29 is 4.74 Å². The second kappa shape index (κ2) is 8.88. The Kier molecular flexibility index (Phi) is 5.53. The van der Waals surface area contributed by atoms with Gasteiger partial charge in [-0.3, -0.25) is 0 Å². The van der Waals surface area contributed by atoms with E-state index in [1.807, 2.05) is 0 Å². The fraction of sp³-hybridized carbons (Fsp3) is 0.243. The lowest BCUT2D eigenvalue weighted by atomic mass is 9.33. The number of hydrogen-bond donors (Lipinski definition) is 0. The Hall–Kier alpha value is -3.78. The molecule has 0 bridgehead atoms. The van der Waals surface area contributed by atoms with Crippen LogP contribution < -0.4 is 21.1 Å². The van der Waals surface area contributed by atoms with E-state index in [0.29, 0.717) is 17.8 Å². The molecule has 6 aromatic carbocycles. The molecule has 0 spiro atoms. The molecular formula is C37H35BO. The van der Waals surface area contributed by atoms with Crippen molar-refractivity contribution in [3.05, 3.63) is 102 Å². The summed E-state index contributed by atoms with van der Waals surface area (Å²) in [5.74, 6) is 3.31. The Labute approximate surface area is 232 Å². The number of ether oxygens (including phenoxy) is 1. The van der Waals surface area contributed by atoms with E-state index < -0.39 is 0 Å². The lowest BCUT2D eigenvalue weighted by Crippen LogP contribution is -2.57. The van der Waals surface area contributed by atoms with Gasteiger partial charge in [-0.05, 0) is 79.0 Å². The van der Waals surface area contributed by atoms with Gasteiger partial charge < -0.3 is 4.74 Å². The van der Waals surface area contributed by atoms with Crippen LogP contribution in [0.25, 0.3) is 32.3 Å². The molecule has 0 saturated heterocycles. The lowest BCUT2D eigenvalue weighted by molar-refractivity contribution is 0.493. The van der Waals surface area contributed by atoms with E-state index in [4.69, 9.17) is 4.74 Å². The molecule has 0 N–H and O–H groups in total. The minimum absolute atomic E-state index is 0.114. The van der Waals surface area contributed by atoms with E-state index in [1.54, 1.807) is 0 Å². The van der Waals surface area contributed by atoms with Crippen LogP contribution in [0.4, 0.5) is 0 Å². The standard InChI is InChI=1S/C37H35BO/c1-21(2)27-18-29(22(3)4)36(30(19-27)23(5)6)38-31-12-7-8-13-33(31)39-37-28-17-16-25-11-9-10-24-14-15-26(20-32(37)38)35(28)34(24)25/h7-23H,1-6H3. The molecule has 0 unspecified atom stereocenters. The third-order valence-corrected chi connectivity index (χ3v) is 8.85. The van der Waals surface area contributed by atoms with Crippen LogP contribution in [0.1, 0.15) is 76.0 Å². The zero-order valence-corrected chi connectivity index (χ0v) is 23.8. The average Bonchev–Trinajstić information content (AvgIpc) is 2.93. The summed E-state index contributed by atoms with van der Waals surface area (Å²) in [6.07, 6.45) is 0. The molecule has 1 aliphatic rings. The van der Waals surface area contributed by atoms with Gasteiger partial charge in [0.1, 0.15) is 11.5 Å². The third-order valence-electron chi connectivity index (χ3n) is 8.85. The predicted molar refractivity (Wildman–Crippen MR) is 170 cm³/mol. The van der Waals surface area contributed by atoms with Crippen LogP contribution in [-0.4, -0.2) is 6.71 Å². The van der Waals surface area contributed by atoms with Crippen LogP contribution in [0.3, 0.4) is 0 Å². The zero-order valence-electron chi connectivity index (χ0n) is 23.8. The van der Waals surface area contributed by atoms with E-state index in [0.717, 1.165) is 11.5 Å². The van der Waals surface area contributed by atoms with Gasteiger partial charge in [0.2, 0.25) is 0 Å². The van der Waals surface area contributed by atoms with Gasteiger partial charge in [0, 0.05) is 10.8 Å². The van der Waals surface area contributed by atoms with Crippen molar-refractivity contribution >= 4 is 55.4 Å². The van der Waals surface area contributed by atoms with E-state index >= 15 is 0 Å². The van der Waals surface area contributed by atoms with Crippen LogP contribution in [0.5, 0.6) is 11.5 Å². The summed E-state index contributed by atoms with van der Waals surface area (Å²) in [6, 6.07) is 31.8. The normalized spacial score (nSPS) is 13.2. The summed E-state index contributed by atoms with van der Waals surface area (Å²) in [5.41, 5.74) is 8.36. The second-order valence-corrected chi connectivity index (χ2v) is 12.3. The molecule has 1 nitrogen and oxygen atoms in total. The highest BCUT2D eigenvalue weighted by molar-refractivity contribution is 6.97. The summed E-state index contributed by atoms with van der Waals surface area (Å²) >= 11 is 0. The molecule has 1 aliphatic heterocycles. The fourth-order valence-electron chi connectivity index (χ4n) is 6.88. The van der Waals surface area contributed by atoms with Gasteiger partial charge in [0.15, 0.2) is 0 Å². The topological polar surface area (TPSA) is 9.23 Å². The minimum atomic E-state index is 0.114. The van der Waals surface area contributed by atoms with Crippen molar-refractivity contribution in [3.8, 4) is 11.5 Å². The molecule has 39 heavy (non-hydrogen) atoms. The first-order chi connectivity index (χ1) is 18.8. The number of rotatable bonds is 4. The van der Waals surface area contributed by atoms with Crippen molar-refractivity contribution in [2.45, 2.75) is 59.3 Å². The Morgan fingerprint density at radius 3 is 1.87 bits per heavy atom. The van der Waals surface area contributed by atoms with Crippen molar-refractivity contribution in [3.63, 3.8) is 0 Å². The highest BCUT2D eigenvalue weighted by Crippen LogP contribution is 2.41. The first-order valence-corrected chi connectivity index (χ1v) is 14.5. The lowest BCUT2D eigenvalue weighted by Gasteiger charge is -2.33. The maximum absolute atomic E-state index is 6.85. The van der Waals surface area contributed by atoms with E-state index in [-0.39, 0.29) is 6.71 Å². The quantitative estimate of drug-likeness (QED) is 0.172. The van der Waals surface area contributed by atoms with E-state index in [2.05, 4.69) is 126 Å². The SMILES string of the molecule is CC(C)c1cc(C(C)C)c(B2c3ccccc3Oc3c2cc2ccc4cccc5ccc3c2c45)c(C(C)C)c1. The van der Waals surface area contributed by atoms with Crippen LogP contribution in [0.2, 0.25) is 0 Å². The van der Waals surface area contributed by atoms with Crippen molar-refractivity contribution in [1.82, 2.24) is 0 Å². The molecule has 1 heterocycles. The molecule has 6 aromatic rings. The average molecular weight is 506 g/mol. The Balaban J connectivity index is 1.62. The minimum Gasteiger partial charge on any atom is -0.458 e. The number of fused-ring (bicyclic) bond motifs is 3. The summed E-state index contributed by atoms with van der Waals surface area (Å²) in [4.78, 5) is 0. The van der Waals surface area contributed by atoms with Gasteiger partial charge in [-0.15, -0.1) is 0 Å². The smallest absolute Gasteiger partial charge is 0.251 e. The molecule has 0 fully saturated rings. The molecule has 192 valence electrons. The Bertz CT molecular complexity index is 1830. The molecule has 7 rings (SSSR count). The highest BCUT2D eigenvalue weighted by atomic mass is 16.5. The third kappa shape index (κ3) is 3.61. The zero-order chi connectivity index (χ0) is 27.0. The second-order valence-electron chi connectivity index (χ2n) is 12.3. The molecule has 0 saturated carbocycles. The maximum atomic E-state index is 6.85. The van der Waals surface area contributed by atoms with Gasteiger partial charge in [0.05, 0.1) is 0 Å². The molecule has 0 atom stereocenters. The highest BCUT2D eigenvalue weighted by Gasteiger charge is 2.37. The fourth-order valence-corrected chi connectivity index (χ4v) is 6.88. The van der Waals surface area contributed by atoms with Crippen molar-refractivity contribution in [2.24, 2.45) is 0 Å². The van der Waals surface area contributed by atoms with Gasteiger partial charge in [0.25, 0.3) is 6.71 Å². The summed E-state index contributed by atoms with van der Waals surface area (Å²) in [6.45, 7) is 14.1. The van der Waals surface area contributed by atoms with Crippen molar-refractivity contribution in [1.29, 1.82) is 0 Å². The van der Waals surface area contributed by atoms with Crippen molar-refractivity contribution in [2.75, 3.05) is 0 Å². The van der Waals surface area contributed by atoms with Gasteiger partial charge in [-0.25, -0.2) is 0 Å². The van der Waals surface area contributed by atoms with Crippen LogP contribution in [-0.2, 0) is 0 Å². The van der Waals surface area contributed by atoms with Crippen LogP contribution in [0.15, 0.2) is 84.9 Å². The number of hydrogen-bond acceptors (Lipinski definition) is 1. The summed E-state index contributed by atoms with van der Waals surface area (Å²) in [7, 11) is 0. The number of benzene rings is 6. The monoisotopic (exact) mass is 506 g/mol. The Morgan fingerprint density at radius 1 is 0.564 bits per heavy atom. The molecule has 2 heteroatoms. The molecule has 0 aromatic heterocycles. The first-order valence-electron chi connectivity index (χ1n) is 14.5. The Morgan fingerprint density at radius 2 is 1.21 bits per heavy atom. The van der Waals surface area contributed by atoms with Gasteiger partial charge >= 0.3 is 0 Å². The molecule has 0 aliphatic carbocycles. The van der Waals surface area contributed by atoms with Gasteiger partial charge in [-0.1, -0.05) is 120 Å². The van der Waals surface area contributed by atoms with E-state index in [1.165, 1.54) is 65.4 Å². The summed E-state index contributed by atoms with van der Waals surface area (Å²) < 4.78 is 6.85. The number of para-hydroxylation sites is 1.